The molecule has 0 aliphatic rings. The fourth-order valence-electron chi connectivity index (χ4n) is 1.14. The molecule has 0 aliphatic carbocycles. The molecule has 0 bridgehead atoms. The zero-order valence-corrected chi connectivity index (χ0v) is 9.36. The van der Waals surface area contributed by atoms with Crippen molar-refractivity contribution in [3.8, 4) is 11.8 Å². The molecule has 92 valence electrons. The maximum Gasteiger partial charge on any atom is 0.421 e. The van der Waals surface area contributed by atoms with Crippen LogP contribution in [0.3, 0.4) is 0 Å². The molecule has 17 heavy (non-hydrogen) atoms. The molecule has 1 N–H and O–H groups in total. The van der Waals surface area contributed by atoms with Crippen LogP contribution in [0.1, 0.15) is 11.1 Å². The van der Waals surface area contributed by atoms with Crippen molar-refractivity contribution in [2.75, 3.05) is 0 Å². The molecule has 0 amide bonds. The van der Waals surface area contributed by atoms with E-state index in [2.05, 4.69) is 0 Å². The smallest absolute Gasteiger partial charge is 0.421 e. The molecule has 0 aromatic heterocycles. The minimum absolute atomic E-state index is 0.517. The maximum absolute atomic E-state index is 12.6. The van der Waals surface area contributed by atoms with Gasteiger partial charge in [-0.05, 0) is 12.1 Å². The number of nitrogens with zero attached hydrogens (tertiary/aromatic N) is 1. The molecule has 4 nitrogen and oxygen atoms in total. The number of phenols is 1. The molecular weight excluding hydrogens is 283 g/mol. The van der Waals surface area contributed by atoms with Crippen LogP contribution >= 0.6 is 10.7 Å². The minimum Gasteiger partial charge on any atom is -0.506 e. The molecule has 9 heteroatoms. The SMILES string of the molecule is N#Cc1ccc(S(=O)(=O)Cl)c(C(F)(F)F)c1O. The summed E-state index contributed by atoms with van der Waals surface area (Å²) in [6.07, 6.45) is -5.14. The molecular formula is C8H3ClF3NO3S. The molecule has 1 aromatic rings. The van der Waals surface area contributed by atoms with Crippen molar-refractivity contribution in [3.63, 3.8) is 0 Å². The number of aromatic hydroxyl groups is 1. The molecule has 0 heterocycles. The van der Waals surface area contributed by atoms with Crippen LogP contribution in [0.5, 0.6) is 5.75 Å². The van der Waals surface area contributed by atoms with Crippen LogP contribution in [0.4, 0.5) is 13.2 Å². The Morgan fingerprint density at radius 1 is 1.35 bits per heavy atom. The van der Waals surface area contributed by atoms with Gasteiger partial charge in [0.25, 0.3) is 9.05 Å². The Bertz CT molecular complexity index is 604. The highest BCUT2D eigenvalue weighted by atomic mass is 35.7. The Balaban J connectivity index is 3.80. The Labute approximate surface area is 98.3 Å². The van der Waals surface area contributed by atoms with Crippen molar-refractivity contribution >= 4 is 19.7 Å². The third kappa shape index (κ3) is 2.62. The van der Waals surface area contributed by atoms with Crippen molar-refractivity contribution in [1.82, 2.24) is 0 Å². The predicted octanol–water partition coefficient (Wildman–Crippen LogP) is 2.21. The van der Waals surface area contributed by atoms with Gasteiger partial charge in [-0.15, -0.1) is 0 Å². The van der Waals surface area contributed by atoms with E-state index in [-0.39, 0.29) is 0 Å². The average molecular weight is 286 g/mol. The monoisotopic (exact) mass is 285 g/mol. The molecule has 0 fully saturated rings. The quantitative estimate of drug-likeness (QED) is 0.802. The molecule has 0 atom stereocenters. The number of nitriles is 1. The lowest BCUT2D eigenvalue weighted by Gasteiger charge is -2.13. The zero-order valence-electron chi connectivity index (χ0n) is 7.79. The molecule has 0 saturated carbocycles. The van der Waals surface area contributed by atoms with E-state index in [4.69, 9.17) is 15.9 Å². The van der Waals surface area contributed by atoms with Crippen molar-refractivity contribution in [3.05, 3.63) is 23.3 Å². The van der Waals surface area contributed by atoms with E-state index >= 15 is 0 Å². The van der Waals surface area contributed by atoms with Gasteiger partial charge in [0.2, 0.25) is 0 Å². The summed E-state index contributed by atoms with van der Waals surface area (Å²) < 4.78 is 59.5. The van der Waals surface area contributed by atoms with Gasteiger partial charge in [-0.1, -0.05) is 0 Å². The number of rotatable bonds is 1. The highest BCUT2D eigenvalue weighted by Crippen LogP contribution is 2.42. The normalized spacial score (nSPS) is 12.2. The molecule has 0 unspecified atom stereocenters. The van der Waals surface area contributed by atoms with E-state index in [0.717, 1.165) is 6.07 Å². The third-order valence-electron chi connectivity index (χ3n) is 1.81. The maximum atomic E-state index is 12.6. The number of halogens is 4. The van der Waals surface area contributed by atoms with Gasteiger partial charge in [-0.25, -0.2) is 8.42 Å². The molecule has 1 rings (SSSR count). The van der Waals surface area contributed by atoms with Crippen LogP contribution in [0.2, 0.25) is 0 Å². The second kappa shape index (κ2) is 4.09. The summed E-state index contributed by atoms with van der Waals surface area (Å²) in [5, 5.41) is 17.6. The first kappa shape index (κ1) is 13.6. The van der Waals surface area contributed by atoms with Gasteiger partial charge < -0.3 is 5.11 Å². The number of alkyl halides is 3. The van der Waals surface area contributed by atoms with Crippen molar-refractivity contribution < 1.29 is 26.7 Å². The van der Waals surface area contributed by atoms with E-state index in [1.165, 1.54) is 6.07 Å². The second-order valence-corrected chi connectivity index (χ2v) is 5.42. The summed E-state index contributed by atoms with van der Waals surface area (Å²) in [6.45, 7) is 0. The van der Waals surface area contributed by atoms with Gasteiger partial charge >= 0.3 is 6.18 Å². The Kier molecular flexibility index (Phi) is 3.27. The first-order valence-corrected chi connectivity index (χ1v) is 6.18. The lowest BCUT2D eigenvalue weighted by Crippen LogP contribution is -2.11. The van der Waals surface area contributed by atoms with Gasteiger partial charge in [0.1, 0.15) is 17.4 Å². The van der Waals surface area contributed by atoms with Crippen LogP contribution in [-0.4, -0.2) is 13.5 Å². The van der Waals surface area contributed by atoms with Crippen LogP contribution in [-0.2, 0) is 15.2 Å². The highest BCUT2D eigenvalue weighted by molar-refractivity contribution is 8.13. The molecule has 0 aliphatic heterocycles. The molecule has 0 spiro atoms. The minimum atomic E-state index is -5.14. The lowest BCUT2D eigenvalue weighted by atomic mass is 10.1. The first-order valence-electron chi connectivity index (χ1n) is 3.87. The third-order valence-corrected chi connectivity index (χ3v) is 3.17. The van der Waals surface area contributed by atoms with E-state index < -0.39 is 37.0 Å². The van der Waals surface area contributed by atoms with Gasteiger partial charge in [-0.2, -0.15) is 18.4 Å². The summed E-state index contributed by atoms with van der Waals surface area (Å²) >= 11 is 0. The molecule has 0 saturated heterocycles. The van der Waals surface area contributed by atoms with Crippen LogP contribution < -0.4 is 0 Å². The average Bonchev–Trinajstić information content (AvgIpc) is 2.13. The van der Waals surface area contributed by atoms with Gasteiger partial charge in [0.05, 0.1) is 10.5 Å². The van der Waals surface area contributed by atoms with Crippen LogP contribution in [0, 0.1) is 11.3 Å². The first-order chi connectivity index (χ1) is 7.59. The number of phenolic OH excluding ortho intramolecular Hbond substituents is 1. The van der Waals surface area contributed by atoms with Crippen molar-refractivity contribution in [2.24, 2.45) is 0 Å². The van der Waals surface area contributed by atoms with E-state index in [1.807, 2.05) is 0 Å². The predicted molar refractivity (Wildman–Crippen MR) is 50.9 cm³/mol. The number of hydrogen-bond donors (Lipinski definition) is 1. The summed E-state index contributed by atoms with van der Waals surface area (Å²) in [5.41, 5.74) is -2.53. The lowest BCUT2D eigenvalue weighted by molar-refractivity contribution is -0.141. The fraction of sp³-hybridized carbons (Fsp3) is 0.125. The standard InChI is InChI=1S/C8H3ClF3NO3S/c9-17(15,16)5-2-1-4(3-13)7(14)6(5)8(10,11)12/h1-2,14H. The molecule has 0 radical (unpaired) electrons. The summed E-state index contributed by atoms with van der Waals surface area (Å²) in [7, 11) is 0.134. The Hall–Kier alpha value is -1.46. The number of hydrogen-bond acceptors (Lipinski definition) is 4. The van der Waals surface area contributed by atoms with Gasteiger partial charge in [-0.3, -0.25) is 0 Å². The van der Waals surface area contributed by atoms with E-state index in [0.29, 0.717) is 6.07 Å². The largest absolute Gasteiger partial charge is 0.506 e. The van der Waals surface area contributed by atoms with Crippen LogP contribution in [0.15, 0.2) is 17.0 Å². The second-order valence-electron chi connectivity index (χ2n) is 2.88. The molecule has 1 aromatic carbocycles. The summed E-state index contributed by atoms with van der Waals surface area (Å²) in [6, 6.07) is 2.55. The fourth-order valence-corrected chi connectivity index (χ4v) is 2.21. The van der Waals surface area contributed by atoms with E-state index in [9.17, 15) is 26.7 Å². The Morgan fingerprint density at radius 2 is 1.88 bits per heavy atom. The summed E-state index contributed by atoms with van der Waals surface area (Å²) in [4.78, 5) is -1.29. The zero-order chi connectivity index (χ0) is 13.4. The summed E-state index contributed by atoms with van der Waals surface area (Å²) in [5.74, 6) is -1.46. The van der Waals surface area contributed by atoms with Crippen LogP contribution in [0.25, 0.3) is 0 Å². The van der Waals surface area contributed by atoms with E-state index in [1.54, 1.807) is 0 Å². The van der Waals surface area contributed by atoms with Crippen molar-refractivity contribution in [1.29, 1.82) is 5.26 Å². The highest BCUT2D eigenvalue weighted by Gasteiger charge is 2.40. The van der Waals surface area contributed by atoms with Gasteiger partial charge in [0, 0.05) is 10.7 Å². The topological polar surface area (TPSA) is 78.2 Å². The van der Waals surface area contributed by atoms with Crippen molar-refractivity contribution in [2.45, 2.75) is 11.1 Å². The van der Waals surface area contributed by atoms with Gasteiger partial charge in [0.15, 0.2) is 0 Å². The Morgan fingerprint density at radius 3 is 2.24 bits per heavy atom. The number of benzene rings is 1.